The summed E-state index contributed by atoms with van der Waals surface area (Å²) in [5.41, 5.74) is 0.172. The third-order valence-corrected chi connectivity index (χ3v) is 2.79. The molecule has 0 aliphatic carbocycles. The number of amides is 1. The lowest BCUT2D eigenvalue weighted by atomic mass is 10.1. The number of benzene rings is 1. The first-order chi connectivity index (χ1) is 10.4. The van der Waals surface area contributed by atoms with E-state index in [0.717, 1.165) is 0 Å². The predicted octanol–water partition coefficient (Wildman–Crippen LogP) is 3.09. The number of hydrogen-bond acceptors (Lipinski definition) is 4. The second-order valence-corrected chi connectivity index (χ2v) is 5.91. The second-order valence-electron chi connectivity index (χ2n) is 5.91. The molecule has 0 radical (unpaired) electrons. The molecule has 1 unspecified atom stereocenters. The van der Waals surface area contributed by atoms with Gasteiger partial charge in [0.1, 0.15) is 0 Å². The zero-order chi connectivity index (χ0) is 16.2. The Balaban J connectivity index is 2.22. The van der Waals surface area contributed by atoms with E-state index in [1.807, 2.05) is 26.8 Å². The summed E-state index contributed by atoms with van der Waals surface area (Å²) >= 11 is 0. The quantitative estimate of drug-likeness (QED) is 0.881. The number of ether oxygens (including phenoxy) is 1. The molecular weight excluding hydrogens is 282 g/mol. The van der Waals surface area contributed by atoms with Crippen LogP contribution in [0, 0.1) is 0 Å². The van der Waals surface area contributed by atoms with Crippen LogP contribution in [-0.2, 0) is 9.53 Å². The summed E-state index contributed by atoms with van der Waals surface area (Å²) in [4.78, 5) is 24.5. The Morgan fingerprint density at radius 2 is 1.77 bits per heavy atom. The van der Waals surface area contributed by atoms with Gasteiger partial charge in [0.15, 0.2) is 0 Å². The lowest BCUT2D eigenvalue weighted by Crippen LogP contribution is -2.44. The van der Waals surface area contributed by atoms with Gasteiger partial charge in [-0.3, -0.25) is 4.79 Å². The number of furan rings is 1. The van der Waals surface area contributed by atoms with Crippen LogP contribution in [0.1, 0.15) is 43.0 Å². The number of esters is 1. The maximum Gasteiger partial charge on any atom is 0.375 e. The largest absolute Gasteiger partial charge is 0.457 e. The Morgan fingerprint density at radius 1 is 1.09 bits per heavy atom. The minimum Gasteiger partial charge on any atom is -0.457 e. The molecule has 0 saturated carbocycles. The molecule has 0 aliphatic rings. The fraction of sp³-hybridized carbons (Fsp3) is 0.294. The molecule has 2 rings (SSSR count). The normalized spacial score (nSPS) is 12.5. The van der Waals surface area contributed by atoms with Gasteiger partial charge in [-0.1, -0.05) is 30.3 Å². The third-order valence-electron chi connectivity index (χ3n) is 2.79. The molecule has 1 N–H and O–H groups in total. The zero-order valence-electron chi connectivity index (χ0n) is 12.8. The molecule has 5 heteroatoms. The first-order valence-corrected chi connectivity index (χ1v) is 6.98. The van der Waals surface area contributed by atoms with Crippen molar-refractivity contribution in [3.05, 3.63) is 60.1 Å². The van der Waals surface area contributed by atoms with Crippen molar-refractivity contribution in [2.24, 2.45) is 0 Å². The highest BCUT2D eigenvalue weighted by molar-refractivity contribution is 5.90. The lowest BCUT2D eigenvalue weighted by Gasteiger charge is -2.24. The average Bonchev–Trinajstić information content (AvgIpc) is 2.97. The average molecular weight is 301 g/mol. The summed E-state index contributed by atoms with van der Waals surface area (Å²) in [5, 5.41) is 2.82. The fourth-order valence-electron chi connectivity index (χ4n) is 1.90. The van der Waals surface area contributed by atoms with Crippen LogP contribution in [0.5, 0.6) is 0 Å². The zero-order valence-corrected chi connectivity index (χ0v) is 12.8. The first-order valence-electron chi connectivity index (χ1n) is 6.98. The van der Waals surface area contributed by atoms with Gasteiger partial charge in [0.2, 0.25) is 11.9 Å². The molecule has 2 aromatic rings. The molecule has 116 valence electrons. The van der Waals surface area contributed by atoms with Gasteiger partial charge < -0.3 is 14.5 Å². The molecule has 0 aliphatic heterocycles. The summed E-state index contributed by atoms with van der Waals surface area (Å²) in [7, 11) is 0. The number of carbonyl (C=O) groups excluding carboxylic acids is 2. The van der Waals surface area contributed by atoms with Gasteiger partial charge >= 0.3 is 5.97 Å². The van der Waals surface area contributed by atoms with E-state index in [1.165, 1.54) is 12.3 Å². The number of carbonyl (C=O) groups is 2. The van der Waals surface area contributed by atoms with Crippen molar-refractivity contribution in [2.45, 2.75) is 32.4 Å². The SMILES string of the molecule is CC(C)(C)NC(=O)C(OC(=O)c1ccco1)c1ccccc1. The molecule has 0 spiro atoms. The van der Waals surface area contributed by atoms with Crippen LogP contribution in [0.15, 0.2) is 53.1 Å². The molecule has 5 nitrogen and oxygen atoms in total. The minimum absolute atomic E-state index is 0.0597. The summed E-state index contributed by atoms with van der Waals surface area (Å²) in [6.07, 6.45) is 0.349. The molecule has 0 bridgehead atoms. The van der Waals surface area contributed by atoms with E-state index in [4.69, 9.17) is 9.15 Å². The standard InChI is InChI=1S/C17H19NO4/c1-17(2,3)18-15(19)14(12-8-5-4-6-9-12)22-16(20)13-10-7-11-21-13/h4-11,14H,1-3H3,(H,18,19). The van der Waals surface area contributed by atoms with Gasteiger partial charge in [0.05, 0.1) is 6.26 Å². The van der Waals surface area contributed by atoms with E-state index >= 15 is 0 Å². The first kappa shape index (κ1) is 15.8. The Hall–Kier alpha value is -2.56. The van der Waals surface area contributed by atoms with Gasteiger partial charge in [-0.05, 0) is 32.9 Å². The van der Waals surface area contributed by atoms with Crippen LogP contribution in [-0.4, -0.2) is 17.4 Å². The van der Waals surface area contributed by atoms with Crippen molar-refractivity contribution in [2.75, 3.05) is 0 Å². The Labute approximate surface area is 129 Å². The fourth-order valence-corrected chi connectivity index (χ4v) is 1.90. The van der Waals surface area contributed by atoms with Crippen LogP contribution >= 0.6 is 0 Å². The lowest BCUT2D eigenvalue weighted by molar-refractivity contribution is -0.131. The van der Waals surface area contributed by atoms with Crippen molar-refractivity contribution in [3.8, 4) is 0 Å². The van der Waals surface area contributed by atoms with Gasteiger partial charge in [0.25, 0.3) is 5.91 Å². The summed E-state index contributed by atoms with van der Waals surface area (Å²) < 4.78 is 10.4. The molecule has 22 heavy (non-hydrogen) atoms. The highest BCUT2D eigenvalue weighted by Crippen LogP contribution is 2.20. The molecule has 1 aromatic heterocycles. The van der Waals surface area contributed by atoms with E-state index in [2.05, 4.69) is 5.32 Å². The minimum atomic E-state index is -1.03. The van der Waals surface area contributed by atoms with Crippen LogP contribution < -0.4 is 5.32 Å². The predicted molar refractivity (Wildman–Crippen MR) is 81.2 cm³/mol. The highest BCUT2D eigenvalue weighted by Gasteiger charge is 2.29. The van der Waals surface area contributed by atoms with E-state index in [1.54, 1.807) is 30.3 Å². The topological polar surface area (TPSA) is 68.5 Å². The van der Waals surface area contributed by atoms with Crippen molar-refractivity contribution in [3.63, 3.8) is 0 Å². The second kappa shape index (κ2) is 6.47. The molecule has 0 saturated heterocycles. The summed E-state index contributed by atoms with van der Waals surface area (Å²) in [5.74, 6) is -0.994. The van der Waals surface area contributed by atoms with Crippen LogP contribution in [0.4, 0.5) is 0 Å². The van der Waals surface area contributed by atoms with Crippen molar-refractivity contribution in [1.29, 1.82) is 0 Å². The molecule has 1 heterocycles. The van der Waals surface area contributed by atoms with Crippen molar-refractivity contribution >= 4 is 11.9 Å². The van der Waals surface area contributed by atoms with Gasteiger partial charge in [-0.15, -0.1) is 0 Å². The van der Waals surface area contributed by atoms with Crippen LogP contribution in [0.2, 0.25) is 0 Å². The molecule has 1 amide bonds. The maximum absolute atomic E-state index is 12.4. The van der Waals surface area contributed by atoms with Crippen molar-refractivity contribution < 1.29 is 18.7 Å². The van der Waals surface area contributed by atoms with Crippen LogP contribution in [0.25, 0.3) is 0 Å². The summed E-state index contributed by atoms with van der Waals surface area (Å²) in [6, 6.07) is 12.0. The van der Waals surface area contributed by atoms with Crippen molar-refractivity contribution in [1.82, 2.24) is 5.32 Å². The van der Waals surface area contributed by atoms with E-state index in [9.17, 15) is 9.59 Å². The molecular formula is C17H19NO4. The molecule has 1 aromatic carbocycles. The molecule has 1 atom stereocenters. The van der Waals surface area contributed by atoms with E-state index < -0.39 is 17.6 Å². The summed E-state index contributed by atoms with van der Waals surface area (Å²) in [6.45, 7) is 5.59. The van der Waals surface area contributed by atoms with Gasteiger partial charge in [-0.25, -0.2) is 4.79 Å². The van der Waals surface area contributed by atoms with Crippen LogP contribution in [0.3, 0.4) is 0 Å². The third kappa shape index (κ3) is 4.22. The number of nitrogens with one attached hydrogen (secondary N) is 1. The van der Waals surface area contributed by atoms with Gasteiger partial charge in [-0.2, -0.15) is 0 Å². The maximum atomic E-state index is 12.4. The Morgan fingerprint density at radius 3 is 2.32 bits per heavy atom. The number of rotatable bonds is 4. The van der Waals surface area contributed by atoms with E-state index in [-0.39, 0.29) is 11.7 Å². The monoisotopic (exact) mass is 301 g/mol. The Bertz CT molecular complexity index is 626. The van der Waals surface area contributed by atoms with Gasteiger partial charge in [0, 0.05) is 11.1 Å². The molecule has 0 fully saturated rings. The number of hydrogen-bond donors (Lipinski definition) is 1. The smallest absolute Gasteiger partial charge is 0.375 e. The Kier molecular flexibility index (Phi) is 4.65. The van der Waals surface area contributed by atoms with E-state index in [0.29, 0.717) is 5.56 Å². The highest BCUT2D eigenvalue weighted by atomic mass is 16.6.